The lowest BCUT2D eigenvalue weighted by atomic mass is 9.76. The molecule has 4 atom stereocenters. The second-order valence-electron chi connectivity index (χ2n) is 10.5. The average Bonchev–Trinajstić information content (AvgIpc) is 3.38. The highest BCUT2D eigenvalue weighted by Gasteiger charge is 2.59. The normalized spacial score (nSPS) is 35.2. The van der Waals surface area contributed by atoms with Gasteiger partial charge in [0.15, 0.2) is 11.4 Å². The largest absolute Gasteiger partial charge is 0.436 e. The summed E-state index contributed by atoms with van der Waals surface area (Å²) in [6.07, 6.45) is 6.77. The van der Waals surface area contributed by atoms with Crippen molar-refractivity contribution >= 4 is 17.8 Å². The van der Waals surface area contributed by atoms with Crippen LogP contribution in [-0.2, 0) is 19.1 Å². The summed E-state index contributed by atoms with van der Waals surface area (Å²) in [6.45, 7) is 5.59. The Morgan fingerprint density at radius 2 is 1.90 bits per heavy atom. The average molecular weight is 428 g/mol. The quantitative estimate of drug-likeness (QED) is 0.708. The number of ether oxygens (including phenoxy) is 2. The summed E-state index contributed by atoms with van der Waals surface area (Å²) < 4.78 is 11.3. The van der Waals surface area contributed by atoms with E-state index in [9.17, 15) is 14.4 Å². The zero-order chi connectivity index (χ0) is 21.5. The molecule has 2 amide bonds. The molecule has 0 aromatic heterocycles. The van der Waals surface area contributed by atoms with E-state index in [0.29, 0.717) is 25.3 Å². The number of carbonyl (C=O) groups is 3. The maximum atomic E-state index is 13.3. The first kappa shape index (κ1) is 19.3. The Morgan fingerprint density at radius 3 is 2.52 bits per heavy atom. The van der Waals surface area contributed by atoms with Gasteiger partial charge in [-0.05, 0) is 49.2 Å². The smallest absolute Gasteiger partial charge is 0.411 e. The molecule has 3 aliphatic carbocycles. The third-order valence-electron chi connectivity index (χ3n) is 8.37. The van der Waals surface area contributed by atoms with Gasteiger partial charge in [-0.15, -0.1) is 0 Å². The molecule has 5 fully saturated rings. The molecule has 3 unspecified atom stereocenters. The van der Waals surface area contributed by atoms with Crippen molar-refractivity contribution < 1.29 is 23.9 Å². The van der Waals surface area contributed by atoms with Crippen molar-refractivity contribution in [2.45, 2.75) is 44.2 Å². The second kappa shape index (κ2) is 6.34. The van der Waals surface area contributed by atoms with Gasteiger partial charge in [0.1, 0.15) is 6.04 Å². The molecule has 0 radical (unpaired) electrons. The van der Waals surface area contributed by atoms with Crippen molar-refractivity contribution in [2.75, 3.05) is 32.8 Å². The number of carbonyl (C=O) groups excluding carboxylic acids is 3. The van der Waals surface area contributed by atoms with Crippen molar-refractivity contribution in [1.29, 1.82) is 0 Å². The van der Waals surface area contributed by atoms with Crippen LogP contribution in [0.3, 0.4) is 0 Å². The number of hydrogen-bond donors (Lipinski definition) is 1. The highest BCUT2D eigenvalue weighted by atomic mass is 16.6. The fraction of sp³-hybridized carbons (Fsp3) is 0.696. The topological polar surface area (TPSA) is 102 Å². The Labute approximate surface area is 181 Å². The van der Waals surface area contributed by atoms with Crippen LogP contribution in [0.1, 0.15) is 32.6 Å². The third kappa shape index (κ3) is 2.73. The van der Waals surface area contributed by atoms with Gasteiger partial charge in [-0.25, -0.2) is 4.79 Å². The number of likely N-dealkylation sites (tertiary alicyclic amines) is 1. The minimum absolute atomic E-state index is 0.0140. The maximum absolute atomic E-state index is 13.3. The van der Waals surface area contributed by atoms with Gasteiger partial charge in [-0.3, -0.25) is 14.5 Å². The lowest BCUT2D eigenvalue weighted by Gasteiger charge is -2.56. The molecule has 3 heterocycles. The van der Waals surface area contributed by atoms with E-state index in [4.69, 9.17) is 15.2 Å². The monoisotopic (exact) mass is 427 g/mol. The van der Waals surface area contributed by atoms with Gasteiger partial charge in [-0.1, -0.05) is 13.0 Å². The molecule has 166 valence electrons. The first-order valence-corrected chi connectivity index (χ1v) is 11.4. The lowest BCUT2D eigenvalue weighted by Crippen LogP contribution is -2.66. The Kier molecular flexibility index (Phi) is 3.96. The van der Waals surface area contributed by atoms with Crippen LogP contribution in [0.25, 0.3) is 0 Å². The molecule has 2 N–H and O–H groups in total. The third-order valence-corrected chi connectivity index (χ3v) is 8.37. The summed E-state index contributed by atoms with van der Waals surface area (Å²) in [7, 11) is 0. The van der Waals surface area contributed by atoms with Crippen LogP contribution in [0.2, 0.25) is 0 Å². The molecule has 6 rings (SSSR count). The number of hydrogen-bond acceptors (Lipinski definition) is 6. The number of ketones is 1. The molecular weight excluding hydrogens is 398 g/mol. The first-order chi connectivity index (χ1) is 14.8. The molecular formula is C23H29N3O5. The number of primary amides is 1. The predicted molar refractivity (Wildman–Crippen MR) is 110 cm³/mol. The van der Waals surface area contributed by atoms with E-state index in [0.717, 1.165) is 50.4 Å². The molecule has 0 bridgehead atoms. The summed E-state index contributed by atoms with van der Waals surface area (Å²) in [5, 5.41) is 0. The van der Waals surface area contributed by atoms with Gasteiger partial charge in [0.05, 0.1) is 30.9 Å². The molecule has 2 spiro atoms. The van der Waals surface area contributed by atoms with Crippen molar-refractivity contribution in [1.82, 2.24) is 9.80 Å². The van der Waals surface area contributed by atoms with E-state index in [-0.39, 0.29) is 23.0 Å². The summed E-state index contributed by atoms with van der Waals surface area (Å²) in [4.78, 5) is 42.1. The Balaban J connectivity index is 1.24. The van der Waals surface area contributed by atoms with E-state index < -0.39 is 23.6 Å². The van der Waals surface area contributed by atoms with E-state index >= 15 is 0 Å². The number of rotatable bonds is 5. The Bertz CT molecular complexity index is 925. The lowest BCUT2D eigenvalue weighted by molar-refractivity contribution is -0.181. The molecule has 8 heteroatoms. The van der Waals surface area contributed by atoms with Gasteiger partial charge in [0.25, 0.3) is 0 Å². The minimum Gasteiger partial charge on any atom is -0.436 e. The molecule has 0 aromatic carbocycles. The van der Waals surface area contributed by atoms with Crippen LogP contribution >= 0.6 is 0 Å². The molecule has 8 nitrogen and oxygen atoms in total. The molecule has 2 saturated carbocycles. The molecule has 3 aliphatic heterocycles. The molecule has 31 heavy (non-hydrogen) atoms. The van der Waals surface area contributed by atoms with E-state index in [1.54, 1.807) is 0 Å². The van der Waals surface area contributed by atoms with Gasteiger partial charge in [-0.2, -0.15) is 0 Å². The van der Waals surface area contributed by atoms with Crippen LogP contribution in [0.4, 0.5) is 4.79 Å². The predicted octanol–water partition coefficient (Wildman–Crippen LogP) is 1.21. The second-order valence-corrected chi connectivity index (χ2v) is 10.5. The Hall–Kier alpha value is -2.35. The maximum Gasteiger partial charge on any atom is 0.411 e. The Morgan fingerprint density at radius 1 is 1.16 bits per heavy atom. The van der Waals surface area contributed by atoms with Crippen LogP contribution in [-0.4, -0.2) is 72.1 Å². The van der Waals surface area contributed by atoms with E-state index in [1.165, 1.54) is 4.90 Å². The molecule has 3 saturated heterocycles. The fourth-order valence-electron chi connectivity index (χ4n) is 6.40. The number of nitrogens with two attached hydrogens (primary N) is 1. The summed E-state index contributed by atoms with van der Waals surface area (Å²) in [6, 6.07) is -0.661. The van der Waals surface area contributed by atoms with E-state index in [1.807, 2.05) is 19.1 Å². The highest BCUT2D eigenvalue weighted by molar-refractivity contribution is 6.01. The number of Topliss-reactive ketones (excluding diaryl/α,β-unsaturated/α-hetero) is 1. The van der Waals surface area contributed by atoms with Crippen LogP contribution in [0.5, 0.6) is 0 Å². The number of allylic oxidation sites excluding steroid dienone is 3. The van der Waals surface area contributed by atoms with Gasteiger partial charge in [0.2, 0.25) is 5.91 Å². The summed E-state index contributed by atoms with van der Waals surface area (Å²) in [5.41, 5.74) is 6.78. The van der Waals surface area contributed by atoms with E-state index in [2.05, 4.69) is 4.90 Å². The van der Waals surface area contributed by atoms with Crippen molar-refractivity contribution in [3.05, 3.63) is 23.4 Å². The van der Waals surface area contributed by atoms with Crippen molar-refractivity contribution in [3.63, 3.8) is 0 Å². The van der Waals surface area contributed by atoms with Gasteiger partial charge in [0, 0.05) is 19.0 Å². The molecule has 0 aromatic rings. The number of nitrogens with zero attached hydrogens (tertiary/aromatic N) is 2. The van der Waals surface area contributed by atoms with Crippen LogP contribution < -0.4 is 5.73 Å². The van der Waals surface area contributed by atoms with Crippen molar-refractivity contribution in [3.8, 4) is 0 Å². The first-order valence-electron chi connectivity index (χ1n) is 11.4. The highest BCUT2D eigenvalue weighted by Crippen LogP contribution is 2.51. The van der Waals surface area contributed by atoms with Crippen molar-refractivity contribution in [2.24, 2.45) is 28.9 Å². The summed E-state index contributed by atoms with van der Waals surface area (Å²) >= 11 is 0. The summed E-state index contributed by atoms with van der Waals surface area (Å²) in [5.74, 6) is -0.169. The van der Waals surface area contributed by atoms with Crippen LogP contribution in [0, 0.1) is 23.2 Å². The number of fused-ring (bicyclic) bond motifs is 2. The standard InChI is InChI=1S/C23H29N3O5/c1-13(14-2-3-14)18(20(24)28)26-10-23(31-21(26)29)7-6-15-16(23)4-5-17(19(15)27)25-8-22(9-25)11-30-12-22/h4-5,13-15,18H,2-3,6-12H2,1H3,(H2,24,28)/t13-,15?,18?,23?/m0/s1. The zero-order valence-corrected chi connectivity index (χ0v) is 17.8. The SMILES string of the molecule is C[C@@H](C1CC1)C(C(N)=O)N1CC2(CCC3C(=O)C(N4CC5(COC5)C4)=CC=C32)OC1=O. The fourth-order valence-corrected chi connectivity index (χ4v) is 6.40. The number of amides is 2. The minimum atomic E-state index is -0.825. The van der Waals surface area contributed by atoms with Gasteiger partial charge >= 0.3 is 6.09 Å². The van der Waals surface area contributed by atoms with Crippen LogP contribution in [0.15, 0.2) is 23.4 Å². The van der Waals surface area contributed by atoms with Gasteiger partial charge < -0.3 is 20.1 Å². The molecule has 6 aliphatic rings. The zero-order valence-electron chi connectivity index (χ0n) is 17.8.